The zero-order valence-corrected chi connectivity index (χ0v) is 12.6. The van der Waals surface area contributed by atoms with Crippen molar-refractivity contribution in [1.82, 2.24) is 9.88 Å². The molecule has 1 fully saturated rings. The largest absolute Gasteiger partial charge is 0.332 e. The monoisotopic (exact) mass is 281 g/mol. The fraction of sp³-hybridized carbons (Fsp3) is 0.714. The molecular weight excluding hydrogens is 258 g/mol. The maximum Gasteiger partial charge on any atom is 0.273 e. The normalized spacial score (nSPS) is 16.2. The topological polar surface area (TPSA) is 59.2 Å². The molecule has 0 bridgehead atoms. The molecule has 4 nitrogen and oxygen atoms in total. The number of nitrogens with zero attached hydrogens (tertiary/aromatic N) is 2. The Hall–Kier alpha value is -0.940. The van der Waals surface area contributed by atoms with Gasteiger partial charge in [0.1, 0.15) is 5.69 Å². The molecular formula is C14H23N3OS. The average molecular weight is 281 g/mol. The van der Waals surface area contributed by atoms with Crippen molar-refractivity contribution in [3.8, 4) is 0 Å². The van der Waals surface area contributed by atoms with Crippen molar-refractivity contribution < 1.29 is 4.79 Å². The summed E-state index contributed by atoms with van der Waals surface area (Å²) in [5, 5.41) is 2.83. The molecule has 0 radical (unpaired) electrons. The smallest absolute Gasteiger partial charge is 0.273 e. The van der Waals surface area contributed by atoms with Crippen LogP contribution in [0.1, 0.15) is 55.0 Å². The number of amides is 1. The lowest BCUT2D eigenvalue weighted by Gasteiger charge is -2.32. The summed E-state index contributed by atoms with van der Waals surface area (Å²) in [5.41, 5.74) is 6.12. The minimum Gasteiger partial charge on any atom is -0.332 e. The summed E-state index contributed by atoms with van der Waals surface area (Å²) in [6.45, 7) is 4.75. The van der Waals surface area contributed by atoms with Crippen molar-refractivity contribution in [2.24, 2.45) is 5.73 Å². The first-order valence-electron chi connectivity index (χ1n) is 7.10. The molecule has 1 aliphatic rings. The quantitative estimate of drug-likeness (QED) is 0.902. The molecule has 0 atom stereocenters. The lowest BCUT2D eigenvalue weighted by molar-refractivity contribution is 0.0608. The predicted molar refractivity (Wildman–Crippen MR) is 78.4 cm³/mol. The van der Waals surface area contributed by atoms with Gasteiger partial charge < -0.3 is 10.6 Å². The van der Waals surface area contributed by atoms with Gasteiger partial charge in [0.2, 0.25) is 0 Å². The van der Waals surface area contributed by atoms with Gasteiger partial charge in [0.25, 0.3) is 5.91 Å². The SMILES string of the molecule is CC(C)N(C(=O)c1csc(CCN)n1)C1CCCC1. The van der Waals surface area contributed by atoms with Crippen molar-refractivity contribution in [1.29, 1.82) is 0 Å². The summed E-state index contributed by atoms with van der Waals surface area (Å²) in [6, 6.07) is 0.627. The fourth-order valence-corrected chi connectivity index (χ4v) is 3.57. The van der Waals surface area contributed by atoms with Crippen LogP contribution in [0.2, 0.25) is 0 Å². The van der Waals surface area contributed by atoms with Crippen LogP contribution in [0.25, 0.3) is 0 Å². The van der Waals surface area contributed by atoms with Gasteiger partial charge in [-0.15, -0.1) is 11.3 Å². The summed E-state index contributed by atoms with van der Waals surface area (Å²) in [7, 11) is 0. The number of nitrogens with two attached hydrogens (primary N) is 1. The zero-order chi connectivity index (χ0) is 13.8. The molecule has 0 spiro atoms. The highest BCUT2D eigenvalue weighted by Crippen LogP contribution is 2.27. The maximum atomic E-state index is 12.6. The minimum atomic E-state index is 0.0846. The van der Waals surface area contributed by atoms with Gasteiger partial charge in [-0.1, -0.05) is 12.8 Å². The third kappa shape index (κ3) is 3.34. The average Bonchev–Trinajstić information content (AvgIpc) is 3.00. The molecule has 5 heteroatoms. The molecule has 0 saturated heterocycles. The highest BCUT2D eigenvalue weighted by Gasteiger charge is 2.30. The molecule has 0 aliphatic heterocycles. The van der Waals surface area contributed by atoms with Gasteiger partial charge in [0, 0.05) is 23.9 Å². The zero-order valence-electron chi connectivity index (χ0n) is 11.8. The van der Waals surface area contributed by atoms with Crippen LogP contribution in [0.3, 0.4) is 0 Å². The van der Waals surface area contributed by atoms with E-state index >= 15 is 0 Å². The van der Waals surface area contributed by atoms with Gasteiger partial charge in [-0.2, -0.15) is 0 Å². The van der Waals surface area contributed by atoms with Crippen LogP contribution in [-0.4, -0.2) is 34.4 Å². The van der Waals surface area contributed by atoms with E-state index in [2.05, 4.69) is 18.8 Å². The first-order chi connectivity index (χ1) is 9.13. The van der Waals surface area contributed by atoms with E-state index in [4.69, 9.17) is 5.73 Å². The van der Waals surface area contributed by atoms with Crippen LogP contribution >= 0.6 is 11.3 Å². The second-order valence-electron chi connectivity index (χ2n) is 5.41. The summed E-state index contributed by atoms with van der Waals surface area (Å²) in [5.74, 6) is 0.0846. The molecule has 2 N–H and O–H groups in total. The highest BCUT2D eigenvalue weighted by molar-refractivity contribution is 7.09. The number of aromatic nitrogens is 1. The van der Waals surface area contributed by atoms with Crippen molar-refractivity contribution in [3.05, 3.63) is 16.1 Å². The molecule has 2 rings (SSSR count). The summed E-state index contributed by atoms with van der Waals surface area (Å²) < 4.78 is 0. The second kappa shape index (κ2) is 6.48. The maximum absolute atomic E-state index is 12.6. The highest BCUT2D eigenvalue weighted by atomic mass is 32.1. The number of rotatable bonds is 5. The molecule has 1 aromatic heterocycles. The van der Waals surface area contributed by atoms with Gasteiger partial charge in [-0.3, -0.25) is 4.79 Å². The Morgan fingerprint density at radius 1 is 1.53 bits per heavy atom. The number of hydrogen-bond donors (Lipinski definition) is 1. The summed E-state index contributed by atoms with van der Waals surface area (Å²) >= 11 is 1.54. The standard InChI is InChI=1S/C14H23N3OS/c1-10(2)17(11-5-3-4-6-11)14(18)12-9-19-13(16-12)7-8-15/h9-11H,3-8,15H2,1-2H3. The van der Waals surface area contributed by atoms with E-state index in [-0.39, 0.29) is 11.9 Å². The van der Waals surface area contributed by atoms with Crippen LogP contribution in [-0.2, 0) is 6.42 Å². The van der Waals surface area contributed by atoms with Crippen molar-refractivity contribution in [3.63, 3.8) is 0 Å². The van der Waals surface area contributed by atoms with Crippen LogP contribution < -0.4 is 5.73 Å². The Labute approximate surface area is 119 Å². The van der Waals surface area contributed by atoms with Crippen molar-refractivity contribution in [2.75, 3.05) is 6.54 Å². The summed E-state index contributed by atoms with van der Waals surface area (Å²) in [6.07, 6.45) is 5.48. The first kappa shape index (κ1) is 14.5. The van der Waals surface area contributed by atoms with Crippen molar-refractivity contribution >= 4 is 17.2 Å². The molecule has 0 aromatic carbocycles. The van der Waals surface area contributed by atoms with Gasteiger partial charge in [0.05, 0.1) is 5.01 Å². The van der Waals surface area contributed by atoms with Crippen LogP contribution in [0.4, 0.5) is 0 Å². The number of carbonyl (C=O) groups excluding carboxylic acids is 1. The van der Waals surface area contributed by atoms with E-state index in [1.54, 1.807) is 0 Å². The molecule has 1 aliphatic carbocycles. The van der Waals surface area contributed by atoms with Gasteiger partial charge in [-0.05, 0) is 33.2 Å². The number of carbonyl (C=O) groups is 1. The molecule has 1 aromatic rings. The van der Waals surface area contributed by atoms with E-state index in [0.717, 1.165) is 24.3 Å². The first-order valence-corrected chi connectivity index (χ1v) is 7.98. The Kier molecular flexibility index (Phi) is 4.93. The fourth-order valence-electron chi connectivity index (χ4n) is 2.78. The summed E-state index contributed by atoms with van der Waals surface area (Å²) in [4.78, 5) is 19.1. The third-order valence-electron chi connectivity index (χ3n) is 3.64. The third-order valence-corrected chi connectivity index (χ3v) is 4.55. The Morgan fingerprint density at radius 2 is 2.21 bits per heavy atom. The van der Waals surface area contributed by atoms with Crippen LogP contribution in [0.5, 0.6) is 0 Å². The molecule has 1 saturated carbocycles. The minimum absolute atomic E-state index is 0.0846. The number of hydrogen-bond acceptors (Lipinski definition) is 4. The lowest BCUT2D eigenvalue weighted by atomic mass is 10.1. The molecule has 0 unspecified atom stereocenters. The van der Waals surface area contributed by atoms with E-state index in [0.29, 0.717) is 18.3 Å². The number of thiazole rings is 1. The van der Waals surface area contributed by atoms with Gasteiger partial charge in [-0.25, -0.2) is 4.98 Å². The Morgan fingerprint density at radius 3 is 2.79 bits per heavy atom. The molecule has 19 heavy (non-hydrogen) atoms. The van der Waals surface area contributed by atoms with Crippen LogP contribution in [0, 0.1) is 0 Å². The lowest BCUT2D eigenvalue weighted by Crippen LogP contribution is -2.43. The van der Waals surface area contributed by atoms with E-state index < -0.39 is 0 Å². The van der Waals surface area contributed by atoms with E-state index in [9.17, 15) is 4.79 Å². The molecule has 1 heterocycles. The Bertz CT molecular complexity index is 424. The van der Waals surface area contributed by atoms with E-state index in [1.165, 1.54) is 24.2 Å². The molecule has 106 valence electrons. The Balaban J connectivity index is 2.13. The van der Waals surface area contributed by atoms with Crippen molar-refractivity contribution in [2.45, 2.75) is 58.0 Å². The van der Waals surface area contributed by atoms with E-state index in [1.807, 2.05) is 10.3 Å². The van der Waals surface area contributed by atoms with Crippen LogP contribution in [0.15, 0.2) is 5.38 Å². The van der Waals surface area contributed by atoms with Gasteiger partial charge >= 0.3 is 0 Å². The predicted octanol–water partition coefficient (Wildman–Crippen LogP) is 2.44. The molecule has 1 amide bonds. The second-order valence-corrected chi connectivity index (χ2v) is 6.35. The van der Waals surface area contributed by atoms with Gasteiger partial charge in [0.15, 0.2) is 0 Å².